The molecule has 0 bridgehead atoms. The van der Waals surface area contributed by atoms with Crippen LogP contribution in [0.25, 0.3) is 5.69 Å². The summed E-state index contributed by atoms with van der Waals surface area (Å²) in [5, 5.41) is 10.4. The summed E-state index contributed by atoms with van der Waals surface area (Å²) < 4.78 is 1.78. The number of para-hydroxylation sites is 2. The van der Waals surface area contributed by atoms with Crippen molar-refractivity contribution in [3.8, 4) is 5.69 Å². The molecular formula is C22H25N5O. The van der Waals surface area contributed by atoms with Crippen LogP contribution in [0.1, 0.15) is 19.3 Å². The van der Waals surface area contributed by atoms with Crippen molar-refractivity contribution in [2.45, 2.75) is 19.3 Å². The quantitative estimate of drug-likeness (QED) is 0.686. The van der Waals surface area contributed by atoms with Crippen LogP contribution in [0.15, 0.2) is 67.0 Å². The third-order valence-corrected chi connectivity index (χ3v) is 4.97. The lowest BCUT2D eigenvalue weighted by atomic mass is 10.1. The maximum atomic E-state index is 12.4. The zero-order valence-electron chi connectivity index (χ0n) is 15.8. The molecule has 1 fully saturated rings. The zero-order valence-corrected chi connectivity index (χ0v) is 15.8. The van der Waals surface area contributed by atoms with Gasteiger partial charge in [-0.3, -0.25) is 4.79 Å². The average Bonchev–Trinajstić information content (AvgIpc) is 3.28. The first-order chi connectivity index (χ1) is 13.8. The lowest BCUT2D eigenvalue weighted by molar-refractivity contribution is -0.114. The van der Waals surface area contributed by atoms with Crippen LogP contribution < -0.4 is 15.5 Å². The van der Waals surface area contributed by atoms with Gasteiger partial charge in [0.15, 0.2) is 0 Å². The molecule has 4 rings (SSSR count). The lowest BCUT2D eigenvalue weighted by Gasteiger charge is -2.28. The number of anilines is 3. The fourth-order valence-electron chi connectivity index (χ4n) is 3.52. The maximum absolute atomic E-state index is 12.4. The molecule has 0 radical (unpaired) electrons. The van der Waals surface area contributed by atoms with Crippen LogP contribution in [-0.4, -0.2) is 35.3 Å². The number of aromatic nitrogens is 2. The Morgan fingerprint density at radius 1 is 0.964 bits per heavy atom. The molecule has 28 heavy (non-hydrogen) atoms. The highest BCUT2D eigenvalue weighted by atomic mass is 16.1. The van der Waals surface area contributed by atoms with Gasteiger partial charge in [-0.05, 0) is 61.7 Å². The van der Waals surface area contributed by atoms with Crippen LogP contribution in [-0.2, 0) is 4.79 Å². The Morgan fingerprint density at radius 3 is 2.50 bits per heavy atom. The fourth-order valence-corrected chi connectivity index (χ4v) is 3.52. The van der Waals surface area contributed by atoms with Crippen molar-refractivity contribution < 1.29 is 4.79 Å². The van der Waals surface area contributed by atoms with E-state index in [-0.39, 0.29) is 12.5 Å². The first-order valence-electron chi connectivity index (χ1n) is 9.77. The first-order valence-corrected chi connectivity index (χ1v) is 9.77. The molecule has 6 nitrogen and oxygen atoms in total. The summed E-state index contributed by atoms with van der Waals surface area (Å²) in [5.74, 6) is -0.0824. The number of hydrogen-bond donors (Lipinski definition) is 2. The summed E-state index contributed by atoms with van der Waals surface area (Å²) in [5.41, 5.74) is 3.81. The summed E-state index contributed by atoms with van der Waals surface area (Å²) in [6.45, 7) is 2.42. The molecule has 1 aliphatic rings. The van der Waals surface area contributed by atoms with Crippen molar-refractivity contribution in [2.24, 2.45) is 0 Å². The Balaban J connectivity index is 1.34. The molecule has 2 heterocycles. The monoisotopic (exact) mass is 375 g/mol. The Kier molecular flexibility index (Phi) is 5.56. The Bertz CT molecular complexity index is 899. The Labute approximate surface area is 165 Å². The van der Waals surface area contributed by atoms with E-state index in [1.165, 1.54) is 24.9 Å². The molecule has 1 aliphatic heterocycles. The number of nitrogens with zero attached hydrogens (tertiary/aromatic N) is 3. The van der Waals surface area contributed by atoms with Gasteiger partial charge in [-0.25, -0.2) is 4.68 Å². The van der Waals surface area contributed by atoms with E-state index in [1.807, 2.05) is 48.7 Å². The topological polar surface area (TPSA) is 62.2 Å². The molecule has 144 valence electrons. The minimum atomic E-state index is -0.0824. The van der Waals surface area contributed by atoms with E-state index in [0.29, 0.717) is 0 Å². The molecule has 2 N–H and O–H groups in total. The SMILES string of the molecule is O=C(CNc1ccccc1-n1cccn1)Nc1ccc(N2CCCCC2)cc1. The highest BCUT2D eigenvalue weighted by molar-refractivity contribution is 5.94. The van der Waals surface area contributed by atoms with E-state index in [9.17, 15) is 4.79 Å². The van der Waals surface area contributed by atoms with E-state index in [1.54, 1.807) is 10.9 Å². The number of nitrogens with one attached hydrogen (secondary N) is 2. The van der Waals surface area contributed by atoms with Gasteiger partial charge in [-0.1, -0.05) is 12.1 Å². The Morgan fingerprint density at radius 2 is 1.75 bits per heavy atom. The molecule has 1 aromatic heterocycles. The highest BCUT2D eigenvalue weighted by Gasteiger charge is 2.11. The van der Waals surface area contributed by atoms with Crippen molar-refractivity contribution in [2.75, 3.05) is 35.2 Å². The van der Waals surface area contributed by atoms with Crippen LogP contribution in [0.2, 0.25) is 0 Å². The molecule has 0 saturated carbocycles. The van der Waals surface area contributed by atoms with Gasteiger partial charge in [0, 0.05) is 36.9 Å². The minimum Gasteiger partial charge on any atom is -0.374 e. The van der Waals surface area contributed by atoms with Gasteiger partial charge in [0.1, 0.15) is 0 Å². The second kappa shape index (κ2) is 8.61. The second-order valence-electron chi connectivity index (χ2n) is 6.96. The number of hydrogen-bond acceptors (Lipinski definition) is 4. The third-order valence-electron chi connectivity index (χ3n) is 4.97. The highest BCUT2D eigenvalue weighted by Crippen LogP contribution is 2.22. The van der Waals surface area contributed by atoms with Crippen LogP contribution in [0.5, 0.6) is 0 Å². The number of rotatable bonds is 6. The third kappa shape index (κ3) is 4.34. The largest absolute Gasteiger partial charge is 0.374 e. The molecule has 6 heteroatoms. The number of amides is 1. The molecular weight excluding hydrogens is 350 g/mol. The summed E-state index contributed by atoms with van der Waals surface area (Å²) in [4.78, 5) is 14.8. The van der Waals surface area contributed by atoms with Crippen LogP contribution >= 0.6 is 0 Å². The number of piperidine rings is 1. The predicted octanol–water partition coefficient (Wildman–Crippen LogP) is 3.91. The molecule has 0 spiro atoms. The van der Waals surface area contributed by atoms with Crippen molar-refractivity contribution in [3.05, 3.63) is 67.0 Å². The summed E-state index contributed by atoms with van der Waals surface area (Å²) in [7, 11) is 0. The van der Waals surface area contributed by atoms with Crippen LogP contribution in [0.4, 0.5) is 17.1 Å². The minimum absolute atomic E-state index is 0.0824. The standard InChI is InChI=1S/C22H25N5O/c28-22(17-23-20-7-2-3-8-21(20)27-16-6-13-24-27)25-18-9-11-19(12-10-18)26-14-4-1-5-15-26/h2-3,6-13,16,23H,1,4-5,14-15,17H2,(H,25,28). The fraction of sp³-hybridized carbons (Fsp3) is 0.273. The van der Waals surface area contributed by atoms with Crippen LogP contribution in [0.3, 0.4) is 0 Å². The van der Waals surface area contributed by atoms with Gasteiger partial charge in [0.25, 0.3) is 0 Å². The maximum Gasteiger partial charge on any atom is 0.243 e. The molecule has 0 unspecified atom stereocenters. The lowest BCUT2D eigenvalue weighted by Crippen LogP contribution is -2.29. The molecule has 2 aromatic carbocycles. The van der Waals surface area contributed by atoms with Crippen molar-refractivity contribution >= 4 is 23.0 Å². The van der Waals surface area contributed by atoms with Crippen molar-refractivity contribution in [1.29, 1.82) is 0 Å². The van der Waals surface area contributed by atoms with Crippen LogP contribution in [0, 0.1) is 0 Å². The van der Waals surface area contributed by atoms with Gasteiger partial charge in [-0.15, -0.1) is 0 Å². The van der Waals surface area contributed by atoms with E-state index >= 15 is 0 Å². The molecule has 3 aromatic rings. The second-order valence-corrected chi connectivity index (χ2v) is 6.96. The summed E-state index contributed by atoms with van der Waals surface area (Å²) >= 11 is 0. The molecule has 0 aliphatic carbocycles. The molecule has 1 saturated heterocycles. The van der Waals surface area contributed by atoms with Gasteiger partial charge >= 0.3 is 0 Å². The van der Waals surface area contributed by atoms with Gasteiger partial charge in [-0.2, -0.15) is 5.10 Å². The van der Waals surface area contributed by atoms with E-state index in [4.69, 9.17) is 0 Å². The molecule has 1 amide bonds. The summed E-state index contributed by atoms with van der Waals surface area (Å²) in [6.07, 6.45) is 7.44. The predicted molar refractivity (Wildman–Crippen MR) is 113 cm³/mol. The molecule has 0 atom stereocenters. The van der Waals surface area contributed by atoms with Gasteiger partial charge in [0.05, 0.1) is 17.9 Å². The number of carbonyl (C=O) groups is 1. The smallest absolute Gasteiger partial charge is 0.243 e. The Hall–Kier alpha value is -3.28. The summed E-state index contributed by atoms with van der Waals surface area (Å²) in [6, 6.07) is 17.8. The normalized spacial score (nSPS) is 13.9. The number of benzene rings is 2. The van der Waals surface area contributed by atoms with E-state index < -0.39 is 0 Å². The first kappa shape index (κ1) is 18.1. The van der Waals surface area contributed by atoms with Crippen molar-refractivity contribution in [3.63, 3.8) is 0 Å². The van der Waals surface area contributed by atoms with E-state index in [0.717, 1.165) is 30.2 Å². The van der Waals surface area contributed by atoms with Crippen molar-refractivity contribution in [1.82, 2.24) is 9.78 Å². The van der Waals surface area contributed by atoms with Gasteiger partial charge < -0.3 is 15.5 Å². The van der Waals surface area contributed by atoms with Gasteiger partial charge in [0.2, 0.25) is 5.91 Å². The number of carbonyl (C=O) groups excluding carboxylic acids is 1. The average molecular weight is 375 g/mol. The van der Waals surface area contributed by atoms with E-state index in [2.05, 4.69) is 32.8 Å². The zero-order chi connectivity index (χ0) is 19.2.